The maximum absolute atomic E-state index is 2.39. The molecule has 0 unspecified atom stereocenters. The number of rotatable bonds is 0. The first-order valence-electron chi connectivity index (χ1n) is 5.57. The minimum absolute atomic E-state index is 0.506. The minimum atomic E-state index is 0.506. The number of fused-ring (bicyclic) bond motifs is 1. The lowest BCUT2D eigenvalue weighted by Crippen LogP contribution is -2.23. The molecule has 0 heterocycles. The van der Waals surface area contributed by atoms with Crippen LogP contribution in [0.1, 0.15) is 42.5 Å². The van der Waals surface area contributed by atoms with Crippen LogP contribution in [-0.4, -0.2) is 0 Å². The summed E-state index contributed by atoms with van der Waals surface area (Å²) in [7, 11) is 0. The van der Waals surface area contributed by atoms with Crippen LogP contribution in [0.25, 0.3) is 0 Å². The van der Waals surface area contributed by atoms with E-state index in [1.54, 1.807) is 11.1 Å². The molecule has 0 heteroatoms. The molecule has 1 aromatic carbocycles. The van der Waals surface area contributed by atoms with E-state index in [4.69, 9.17) is 0 Å². The molecule has 0 radical (unpaired) electrons. The SMILES string of the molecule is Cc1ccc2c(c1C)CC(C)(C)CC2. The van der Waals surface area contributed by atoms with E-state index in [9.17, 15) is 0 Å². The fourth-order valence-corrected chi connectivity index (χ4v) is 2.45. The van der Waals surface area contributed by atoms with Gasteiger partial charge in [0, 0.05) is 0 Å². The average Bonchev–Trinajstić information content (AvgIpc) is 2.11. The van der Waals surface area contributed by atoms with Crippen molar-refractivity contribution in [3.05, 3.63) is 34.4 Å². The van der Waals surface area contributed by atoms with Crippen LogP contribution in [0.15, 0.2) is 12.1 Å². The average molecular weight is 188 g/mol. The quantitative estimate of drug-likeness (QED) is 0.580. The molecule has 0 N–H and O–H groups in total. The Balaban J connectivity index is 2.49. The summed E-state index contributed by atoms with van der Waals surface area (Å²) in [6.45, 7) is 9.27. The summed E-state index contributed by atoms with van der Waals surface area (Å²) in [6.07, 6.45) is 3.86. The van der Waals surface area contributed by atoms with Crippen LogP contribution < -0.4 is 0 Å². The van der Waals surface area contributed by atoms with Gasteiger partial charge in [0.05, 0.1) is 0 Å². The largest absolute Gasteiger partial charge is 0.0596 e. The molecule has 0 aromatic heterocycles. The van der Waals surface area contributed by atoms with Gasteiger partial charge in [-0.25, -0.2) is 0 Å². The summed E-state index contributed by atoms with van der Waals surface area (Å²) < 4.78 is 0. The molecule has 1 aromatic rings. The van der Waals surface area contributed by atoms with Crippen molar-refractivity contribution in [1.29, 1.82) is 0 Å². The first-order chi connectivity index (χ1) is 6.49. The molecule has 0 fully saturated rings. The Kier molecular flexibility index (Phi) is 2.17. The van der Waals surface area contributed by atoms with E-state index in [1.807, 2.05) is 0 Å². The maximum atomic E-state index is 2.39. The van der Waals surface area contributed by atoms with Gasteiger partial charge in [-0.3, -0.25) is 0 Å². The minimum Gasteiger partial charge on any atom is -0.0596 e. The molecule has 0 nitrogen and oxygen atoms in total. The van der Waals surface area contributed by atoms with Crippen LogP contribution in [-0.2, 0) is 12.8 Å². The van der Waals surface area contributed by atoms with E-state index in [0.29, 0.717) is 5.41 Å². The van der Waals surface area contributed by atoms with Gasteiger partial charge in [-0.1, -0.05) is 26.0 Å². The first kappa shape index (κ1) is 9.76. The zero-order valence-electron chi connectivity index (χ0n) is 9.78. The Morgan fingerprint density at radius 1 is 1.14 bits per heavy atom. The molecular formula is C14H20. The molecule has 0 aliphatic heterocycles. The molecular weight excluding hydrogens is 168 g/mol. The Morgan fingerprint density at radius 3 is 2.57 bits per heavy atom. The highest BCUT2D eigenvalue weighted by Crippen LogP contribution is 2.36. The lowest BCUT2D eigenvalue weighted by atomic mass is 9.73. The zero-order chi connectivity index (χ0) is 10.3. The van der Waals surface area contributed by atoms with Crippen molar-refractivity contribution in [3.8, 4) is 0 Å². The Morgan fingerprint density at radius 2 is 1.86 bits per heavy atom. The van der Waals surface area contributed by atoms with E-state index in [2.05, 4.69) is 39.8 Å². The number of hydrogen-bond donors (Lipinski definition) is 0. The predicted octanol–water partition coefficient (Wildman–Crippen LogP) is 3.82. The fraction of sp³-hybridized carbons (Fsp3) is 0.571. The van der Waals surface area contributed by atoms with Gasteiger partial charge < -0.3 is 0 Å². The van der Waals surface area contributed by atoms with Gasteiger partial charge in [0.1, 0.15) is 0 Å². The third-order valence-electron chi connectivity index (χ3n) is 3.69. The summed E-state index contributed by atoms with van der Waals surface area (Å²) in [5.41, 5.74) is 6.69. The van der Waals surface area contributed by atoms with Crippen molar-refractivity contribution in [2.45, 2.75) is 47.0 Å². The third kappa shape index (κ3) is 1.58. The van der Waals surface area contributed by atoms with Gasteiger partial charge >= 0.3 is 0 Å². The summed E-state index contributed by atoms with van der Waals surface area (Å²) in [5, 5.41) is 0. The van der Waals surface area contributed by atoms with E-state index in [1.165, 1.54) is 30.4 Å². The molecule has 0 atom stereocenters. The topological polar surface area (TPSA) is 0 Å². The summed E-state index contributed by atoms with van der Waals surface area (Å²) >= 11 is 0. The Bertz CT molecular complexity index is 359. The molecule has 0 amide bonds. The van der Waals surface area contributed by atoms with Crippen LogP contribution in [0.2, 0.25) is 0 Å². The second kappa shape index (κ2) is 3.12. The van der Waals surface area contributed by atoms with Crippen molar-refractivity contribution in [2.75, 3.05) is 0 Å². The molecule has 2 rings (SSSR count). The summed E-state index contributed by atoms with van der Waals surface area (Å²) in [4.78, 5) is 0. The molecule has 0 spiro atoms. The highest BCUT2D eigenvalue weighted by atomic mass is 14.3. The number of benzene rings is 1. The van der Waals surface area contributed by atoms with Crippen molar-refractivity contribution in [3.63, 3.8) is 0 Å². The van der Waals surface area contributed by atoms with Crippen LogP contribution in [0.3, 0.4) is 0 Å². The van der Waals surface area contributed by atoms with Crippen LogP contribution in [0, 0.1) is 19.3 Å². The zero-order valence-corrected chi connectivity index (χ0v) is 9.78. The lowest BCUT2D eigenvalue weighted by Gasteiger charge is -2.32. The maximum Gasteiger partial charge on any atom is -0.0222 e. The summed E-state index contributed by atoms with van der Waals surface area (Å²) in [5.74, 6) is 0. The Labute approximate surface area is 87.3 Å². The molecule has 1 aliphatic rings. The smallest absolute Gasteiger partial charge is 0.0222 e. The number of hydrogen-bond acceptors (Lipinski definition) is 0. The van der Waals surface area contributed by atoms with Gasteiger partial charge in [-0.2, -0.15) is 0 Å². The van der Waals surface area contributed by atoms with Crippen molar-refractivity contribution >= 4 is 0 Å². The molecule has 76 valence electrons. The van der Waals surface area contributed by atoms with E-state index < -0.39 is 0 Å². The predicted molar refractivity (Wildman–Crippen MR) is 61.7 cm³/mol. The van der Waals surface area contributed by atoms with Gasteiger partial charge in [-0.05, 0) is 60.8 Å². The van der Waals surface area contributed by atoms with Crippen LogP contribution in [0.5, 0.6) is 0 Å². The molecule has 0 saturated heterocycles. The van der Waals surface area contributed by atoms with Crippen LogP contribution in [0.4, 0.5) is 0 Å². The molecule has 1 aliphatic carbocycles. The first-order valence-corrected chi connectivity index (χ1v) is 5.57. The van der Waals surface area contributed by atoms with E-state index in [0.717, 1.165) is 0 Å². The van der Waals surface area contributed by atoms with Crippen molar-refractivity contribution in [2.24, 2.45) is 5.41 Å². The van der Waals surface area contributed by atoms with Gasteiger partial charge in [-0.15, -0.1) is 0 Å². The van der Waals surface area contributed by atoms with Crippen molar-refractivity contribution in [1.82, 2.24) is 0 Å². The Hall–Kier alpha value is -0.780. The lowest BCUT2D eigenvalue weighted by molar-refractivity contribution is 0.314. The van der Waals surface area contributed by atoms with Gasteiger partial charge in [0.2, 0.25) is 0 Å². The second-order valence-corrected chi connectivity index (χ2v) is 5.49. The highest BCUT2D eigenvalue weighted by molar-refractivity contribution is 5.41. The fourth-order valence-electron chi connectivity index (χ4n) is 2.45. The normalized spacial score (nSPS) is 19.1. The van der Waals surface area contributed by atoms with E-state index >= 15 is 0 Å². The molecule has 0 bridgehead atoms. The highest BCUT2D eigenvalue weighted by Gasteiger charge is 2.26. The standard InChI is InChI=1S/C14H20/c1-10-5-6-12-7-8-14(3,4)9-13(12)11(10)2/h5-6H,7-9H2,1-4H3. The van der Waals surface area contributed by atoms with Crippen LogP contribution >= 0.6 is 0 Å². The summed E-state index contributed by atoms with van der Waals surface area (Å²) in [6, 6.07) is 4.60. The molecule has 14 heavy (non-hydrogen) atoms. The van der Waals surface area contributed by atoms with Gasteiger partial charge in [0.15, 0.2) is 0 Å². The van der Waals surface area contributed by atoms with E-state index in [-0.39, 0.29) is 0 Å². The van der Waals surface area contributed by atoms with Crippen molar-refractivity contribution < 1.29 is 0 Å². The molecule has 0 saturated carbocycles. The van der Waals surface area contributed by atoms with Gasteiger partial charge in [0.25, 0.3) is 0 Å². The second-order valence-electron chi connectivity index (χ2n) is 5.49. The number of aryl methyl sites for hydroxylation is 2. The monoisotopic (exact) mass is 188 g/mol. The third-order valence-corrected chi connectivity index (χ3v) is 3.69.